The van der Waals surface area contributed by atoms with Crippen LogP contribution in [0.3, 0.4) is 0 Å². The summed E-state index contributed by atoms with van der Waals surface area (Å²) in [5.41, 5.74) is -2.71. The minimum atomic E-state index is -4.82. The van der Waals surface area contributed by atoms with Gasteiger partial charge in [0, 0.05) is 6.42 Å². The summed E-state index contributed by atoms with van der Waals surface area (Å²) in [6, 6.07) is 17.0. The number of ether oxygens (including phenoxy) is 1. The van der Waals surface area contributed by atoms with Crippen molar-refractivity contribution < 1.29 is 41.0 Å². The van der Waals surface area contributed by atoms with Crippen molar-refractivity contribution in [1.82, 2.24) is 10.2 Å². The fourth-order valence-corrected chi connectivity index (χ4v) is 8.64. The third kappa shape index (κ3) is 7.35. The Morgan fingerprint density at radius 3 is 2.23 bits per heavy atom. The maximum absolute atomic E-state index is 13.9. The van der Waals surface area contributed by atoms with Gasteiger partial charge in [0.15, 0.2) is 9.84 Å². The van der Waals surface area contributed by atoms with Crippen LogP contribution in [-0.2, 0) is 27.4 Å². The topological polar surface area (TPSA) is 113 Å². The molecule has 1 aliphatic carbocycles. The SMILES string of the molecule is CC(C)(C)[C@]1([C@H](NC(=O)c2cccc(C(F)(F)F)c2Cl)c2ccc(S(=O)(=O)CC3CC3)cc2)C[C@@H](OCc2ccccc2)CN1C(=O)O. The molecule has 13 heteroatoms. The largest absolute Gasteiger partial charge is 0.465 e. The molecule has 0 bridgehead atoms. The molecule has 258 valence electrons. The van der Waals surface area contributed by atoms with Crippen LogP contribution in [-0.4, -0.2) is 54.4 Å². The number of nitrogens with one attached hydrogen (secondary N) is 1. The van der Waals surface area contributed by atoms with Gasteiger partial charge in [-0.15, -0.1) is 0 Å². The number of hydrogen-bond acceptors (Lipinski definition) is 5. The summed E-state index contributed by atoms with van der Waals surface area (Å²) < 4.78 is 73.5. The number of carboxylic acid groups (broad SMARTS) is 1. The number of nitrogens with zero attached hydrogens (tertiary/aromatic N) is 1. The molecule has 5 rings (SSSR count). The Morgan fingerprint density at radius 1 is 1.02 bits per heavy atom. The Morgan fingerprint density at radius 2 is 1.67 bits per heavy atom. The first-order chi connectivity index (χ1) is 22.4. The van der Waals surface area contributed by atoms with Crippen molar-refractivity contribution in [3.8, 4) is 0 Å². The predicted octanol–water partition coefficient (Wildman–Crippen LogP) is 7.77. The second-order valence-corrected chi connectivity index (χ2v) is 16.0. The van der Waals surface area contributed by atoms with E-state index >= 15 is 0 Å². The number of amides is 2. The molecule has 0 unspecified atom stereocenters. The molecule has 1 aliphatic heterocycles. The van der Waals surface area contributed by atoms with Gasteiger partial charge in [-0.3, -0.25) is 9.69 Å². The molecular formula is C35H38ClF3N2O6S. The van der Waals surface area contributed by atoms with E-state index in [2.05, 4.69) is 5.32 Å². The molecule has 2 N–H and O–H groups in total. The molecule has 1 heterocycles. The molecule has 1 saturated heterocycles. The fraction of sp³-hybridized carbons (Fsp3) is 0.429. The van der Waals surface area contributed by atoms with Crippen LogP contribution in [0.1, 0.15) is 73.1 Å². The van der Waals surface area contributed by atoms with Crippen molar-refractivity contribution in [3.63, 3.8) is 0 Å². The van der Waals surface area contributed by atoms with Crippen LogP contribution in [0, 0.1) is 11.3 Å². The van der Waals surface area contributed by atoms with Gasteiger partial charge in [0.05, 0.1) is 57.6 Å². The molecular weight excluding hydrogens is 669 g/mol. The third-order valence-corrected chi connectivity index (χ3v) is 11.6. The number of halogens is 4. The Labute approximate surface area is 283 Å². The van der Waals surface area contributed by atoms with E-state index < -0.39 is 67.3 Å². The monoisotopic (exact) mass is 706 g/mol. The third-order valence-electron chi connectivity index (χ3n) is 9.29. The van der Waals surface area contributed by atoms with Crippen LogP contribution >= 0.6 is 11.6 Å². The van der Waals surface area contributed by atoms with E-state index in [4.69, 9.17) is 16.3 Å². The van der Waals surface area contributed by atoms with Crippen molar-refractivity contribution in [3.05, 3.63) is 100 Å². The number of sulfone groups is 1. The van der Waals surface area contributed by atoms with E-state index in [1.807, 2.05) is 51.1 Å². The minimum Gasteiger partial charge on any atom is -0.465 e. The van der Waals surface area contributed by atoms with Crippen molar-refractivity contribution in [1.29, 1.82) is 0 Å². The summed E-state index contributed by atoms with van der Waals surface area (Å²) in [6.07, 6.45) is -4.92. The summed E-state index contributed by atoms with van der Waals surface area (Å²) >= 11 is 6.15. The maximum atomic E-state index is 13.9. The van der Waals surface area contributed by atoms with Gasteiger partial charge in [0.1, 0.15) is 0 Å². The molecule has 1 saturated carbocycles. The van der Waals surface area contributed by atoms with Crippen LogP contribution in [0.4, 0.5) is 18.0 Å². The smallest absolute Gasteiger partial charge is 0.417 e. The number of rotatable bonds is 10. The van der Waals surface area contributed by atoms with Crippen molar-refractivity contribution in [2.45, 2.75) is 75.4 Å². The summed E-state index contributed by atoms with van der Waals surface area (Å²) in [4.78, 5) is 28.2. The first kappa shape index (κ1) is 35.7. The quantitative estimate of drug-likeness (QED) is 0.223. The summed E-state index contributed by atoms with van der Waals surface area (Å²) in [7, 11) is -3.60. The van der Waals surface area contributed by atoms with Gasteiger partial charge in [-0.2, -0.15) is 13.2 Å². The zero-order chi connectivity index (χ0) is 35.1. The van der Waals surface area contributed by atoms with Crippen LogP contribution in [0.15, 0.2) is 77.7 Å². The van der Waals surface area contributed by atoms with Crippen LogP contribution in [0.25, 0.3) is 0 Å². The zero-order valence-corrected chi connectivity index (χ0v) is 28.3. The van der Waals surface area contributed by atoms with Gasteiger partial charge in [0.25, 0.3) is 5.91 Å². The zero-order valence-electron chi connectivity index (χ0n) is 26.8. The maximum Gasteiger partial charge on any atom is 0.417 e. The van der Waals surface area contributed by atoms with E-state index in [-0.39, 0.29) is 36.1 Å². The van der Waals surface area contributed by atoms with Crippen LogP contribution in [0.5, 0.6) is 0 Å². The average molecular weight is 707 g/mol. The fourth-order valence-electron chi connectivity index (χ4n) is 6.63. The van der Waals surface area contributed by atoms with Gasteiger partial charge >= 0.3 is 12.3 Å². The van der Waals surface area contributed by atoms with Crippen LogP contribution < -0.4 is 5.32 Å². The lowest BCUT2D eigenvalue weighted by atomic mass is 9.65. The summed E-state index contributed by atoms with van der Waals surface area (Å²) in [6.45, 7) is 5.59. The molecule has 0 spiro atoms. The molecule has 2 aliphatic rings. The highest BCUT2D eigenvalue weighted by molar-refractivity contribution is 7.91. The van der Waals surface area contributed by atoms with E-state index in [9.17, 15) is 36.3 Å². The minimum absolute atomic E-state index is 0.0136. The van der Waals surface area contributed by atoms with E-state index in [1.54, 1.807) is 0 Å². The highest BCUT2D eigenvalue weighted by Crippen LogP contribution is 2.52. The number of likely N-dealkylation sites (tertiary alicyclic amines) is 1. The lowest BCUT2D eigenvalue weighted by Crippen LogP contribution is -2.62. The molecule has 0 aromatic heterocycles. The lowest BCUT2D eigenvalue weighted by molar-refractivity contribution is -0.137. The molecule has 3 atom stereocenters. The van der Waals surface area contributed by atoms with Crippen molar-refractivity contribution >= 4 is 33.4 Å². The first-order valence-electron chi connectivity index (χ1n) is 15.6. The highest BCUT2D eigenvalue weighted by atomic mass is 35.5. The Hall–Kier alpha value is -3.61. The van der Waals surface area contributed by atoms with E-state index in [0.29, 0.717) is 5.56 Å². The highest BCUT2D eigenvalue weighted by Gasteiger charge is 2.60. The number of alkyl halides is 3. The van der Waals surface area contributed by atoms with Crippen LogP contribution in [0.2, 0.25) is 5.02 Å². The number of carbonyl (C=O) groups excluding carboxylic acids is 1. The van der Waals surface area contributed by atoms with E-state index in [0.717, 1.165) is 36.6 Å². The Balaban J connectivity index is 1.60. The van der Waals surface area contributed by atoms with E-state index in [1.165, 1.54) is 29.2 Å². The number of hydrogen-bond donors (Lipinski definition) is 2. The standard InChI is InChI=1S/C35H38ClF3N2O6S/c1-33(2,3)34(18-25(19-41(34)32(43)44)47-20-22-8-5-4-6-9-22)30(24-14-16-26(17-15-24)48(45,46)21-23-12-13-23)40-31(42)27-10-7-11-28(29(27)36)35(37,38)39/h4-11,14-17,23,25,30H,12-13,18-21H2,1-3H3,(H,40,42)(H,43,44)/t25-,30-,34-/m1/s1. The number of carbonyl (C=O) groups is 2. The van der Waals surface area contributed by atoms with Gasteiger partial charge in [-0.25, -0.2) is 13.2 Å². The molecule has 0 radical (unpaired) electrons. The molecule has 48 heavy (non-hydrogen) atoms. The molecule has 2 amide bonds. The van der Waals surface area contributed by atoms with Gasteiger partial charge < -0.3 is 15.2 Å². The molecule has 2 fully saturated rings. The Kier molecular flexibility index (Phi) is 9.93. The summed E-state index contributed by atoms with van der Waals surface area (Å²) in [5.74, 6) is -0.831. The Bertz CT molecular complexity index is 1760. The van der Waals surface area contributed by atoms with Crippen molar-refractivity contribution in [2.75, 3.05) is 12.3 Å². The lowest BCUT2D eigenvalue weighted by Gasteiger charge is -2.52. The normalized spacial score (nSPS) is 20.8. The molecule has 8 nitrogen and oxygen atoms in total. The second kappa shape index (κ2) is 13.4. The molecule has 3 aromatic rings. The van der Waals surface area contributed by atoms with Crippen molar-refractivity contribution in [2.24, 2.45) is 11.3 Å². The predicted molar refractivity (Wildman–Crippen MR) is 174 cm³/mol. The summed E-state index contributed by atoms with van der Waals surface area (Å²) in [5, 5.41) is 12.6. The number of benzene rings is 3. The first-order valence-corrected chi connectivity index (χ1v) is 17.6. The average Bonchev–Trinajstić information content (AvgIpc) is 3.72. The molecule has 3 aromatic carbocycles. The van der Waals surface area contributed by atoms with Gasteiger partial charge in [-0.05, 0) is 59.6 Å². The van der Waals surface area contributed by atoms with Gasteiger partial charge in [0.2, 0.25) is 0 Å². The van der Waals surface area contributed by atoms with Gasteiger partial charge in [-0.1, -0.05) is 80.9 Å². The second-order valence-electron chi connectivity index (χ2n) is 13.6.